The van der Waals surface area contributed by atoms with E-state index in [9.17, 15) is 4.79 Å². The van der Waals surface area contributed by atoms with E-state index in [4.69, 9.17) is 16.3 Å². The van der Waals surface area contributed by atoms with Gasteiger partial charge in [-0.3, -0.25) is 4.79 Å². The van der Waals surface area contributed by atoms with Crippen LogP contribution in [0, 0.1) is 0 Å². The normalized spacial score (nSPS) is 14.8. The highest BCUT2D eigenvalue weighted by molar-refractivity contribution is 6.32. The molecule has 0 saturated heterocycles. The minimum Gasteiger partial charge on any atom is -1.00 e. The summed E-state index contributed by atoms with van der Waals surface area (Å²) < 4.78 is 6.15. The smallest absolute Gasteiger partial charge is 0.255 e. The molecule has 0 aromatic heterocycles. The third-order valence-corrected chi connectivity index (χ3v) is 6.07. The molecule has 1 fully saturated rings. The Bertz CT molecular complexity index is 816. The summed E-state index contributed by atoms with van der Waals surface area (Å²) in [5, 5.41) is 3.36. The van der Waals surface area contributed by atoms with E-state index in [0.29, 0.717) is 16.3 Å². The Kier molecular flexibility index (Phi) is 8.38. The summed E-state index contributed by atoms with van der Waals surface area (Å²) in [5.41, 5.74) is 2.58. The van der Waals surface area contributed by atoms with Gasteiger partial charge in [0.2, 0.25) is 0 Å². The Morgan fingerprint density at radius 1 is 1.10 bits per heavy atom. The minimum atomic E-state index is -0.185. The van der Waals surface area contributed by atoms with Gasteiger partial charge < -0.3 is 26.9 Å². The molecule has 29 heavy (non-hydrogen) atoms. The van der Waals surface area contributed by atoms with Crippen LogP contribution >= 0.6 is 11.6 Å². The third-order valence-electron chi connectivity index (χ3n) is 5.78. The molecule has 1 N–H and O–H groups in total. The molecule has 0 atom stereocenters. The fraction of sp³-hybridized carbons (Fsp3) is 0.435. The Labute approximate surface area is 185 Å². The van der Waals surface area contributed by atoms with Crippen LogP contribution < -0.4 is 22.5 Å². The number of quaternary nitrogens is 1. The number of methoxy groups -OCH3 is 1. The number of nitrogens with one attached hydrogen (secondary N) is 1. The van der Waals surface area contributed by atoms with Crippen molar-refractivity contribution in [3.8, 4) is 5.75 Å². The van der Waals surface area contributed by atoms with Crippen molar-refractivity contribution in [1.82, 2.24) is 0 Å². The summed E-state index contributed by atoms with van der Waals surface area (Å²) in [6.45, 7) is 1.01. The average Bonchev–Trinajstić information content (AvgIpc) is 2.70. The van der Waals surface area contributed by atoms with E-state index >= 15 is 0 Å². The maximum Gasteiger partial charge on any atom is 0.255 e. The van der Waals surface area contributed by atoms with Crippen LogP contribution in [-0.2, 0) is 6.54 Å². The maximum absolute atomic E-state index is 12.5. The van der Waals surface area contributed by atoms with Crippen molar-refractivity contribution in [2.45, 2.75) is 44.7 Å². The monoisotopic (exact) mass is 436 g/mol. The topological polar surface area (TPSA) is 38.3 Å². The molecule has 0 radical (unpaired) electrons. The average molecular weight is 437 g/mol. The highest BCUT2D eigenvalue weighted by Crippen LogP contribution is 2.28. The van der Waals surface area contributed by atoms with Gasteiger partial charge in [0.15, 0.2) is 0 Å². The maximum atomic E-state index is 12.5. The Morgan fingerprint density at radius 2 is 1.76 bits per heavy atom. The summed E-state index contributed by atoms with van der Waals surface area (Å²) in [6, 6.07) is 13.9. The zero-order valence-corrected chi connectivity index (χ0v) is 18.9. The van der Waals surface area contributed by atoms with Crippen molar-refractivity contribution in [1.29, 1.82) is 0 Å². The van der Waals surface area contributed by atoms with Crippen LogP contribution in [0.3, 0.4) is 0 Å². The second kappa shape index (κ2) is 10.3. The van der Waals surface area contributed by atoms with Crippen molar-refractivity contribution >= 4 is 23.2 Å². The Morgan fingerprint density at radius 3 is 2.34 bits per heavy atom. The number of hydrogen-bond acceptors (Lipinski definition) is 2. The van der Waals surface area contributed by atoms with Crippen LogP contribution in [0.2, 0.25) is 5.02 Å². The molecule has 1 amide bonds. The lowest BCUT2D eigenvalue weighted by Gasteiger charge is -2.40. The van der Waals surface area contributed by atoms with E-state index in [1.807, 2.05) is 12.1 Å². The molecule has 0 spiro atoms. The van der Waals surface area contributed by atoms with E-state index in [-0.39, 0.29) is 18.3 Å². The van der Waals surface area contributed by atoms with Crippen LogP contribution in [0.4, 0.5) is 5.69 Å². The zero-order valence-electron chi connectivity index (χ0n) is 17.4. The van der Waals surface area contributed by atoms with Gasteiger partial charge in [-0.25, -0.2) is 0 Å². The number of halogens is 2. The van der Waals surface area contributed by atoms with Crippen molar-refractivity contribution in [2.75, 3.05) is 26.5 Å². The molecule has 2 aromatic carbocycles. The van der Waals surface area contributed by atoms with Crippen LogP contribution in [-0.4, -0.2) is 37.6 Å². The summed E-state index contributed by atoms with van der Waals surface area (Å²) >= 11 is 6.12. The van der Waals surface area contributed by atoms with Crippen molar-refractivity contribution in [3.63, 3.8) is 0 Å². The van der Waals surface area contributed by atoms with Gasteiger partial charge in [-0.2, -0.15) is 0 Å². The van der Waals surface area contributed by atoms with E-state index in [1.54, 1.807) is 25.3 Å². The first-order valence-electron chi connectivity index (χ1n) is 9.95. The third kappa shape index (κ3) is 6.11. The number of hydrogen-bond donors (Lipinski definition) is 1. The highest BCUT2D eigenvalue weighted by Gasteiger charge is 2.29. The number of nitrogens with zero attached hydrogens (tertiary/aromatic N) is 1. The van der Waals surface area contributed by atoms with Gasteiger partial charge in [-0.1, -0.05) is 30.2 Å². The molecule has 158 valence electrons. The Balaban J connectivity index is 0.00000300. The molecular formula is C23H30Cl2N2O2. The summed E-state index contributed by atoms with van der Waals surface area (Å²) in [7, 11) is 6.22. The molecule has 1 saturated carbocycles. The number of rotatable bonds is 6. The largest absolute Gasteiger partial charge is 1.00 e. The zero-order chi connectivity index (χ0) is 20.1. The lowest BCUT2D eigenvalue weighted by molar-refractivity contribution is -0.929. The van der Waals surface area contributed by atoms with E-state index in [1.165, 1.54) is 37.7 Å². The van der Waals surface area contributed by atoms with Gasteiger partial charge in [0.25, 0.3) is 5.91 Å². The standard InChI is InChI=1S/C23H29ClN2O2.ClH/c1-26(2,20-7-5-4-6-8-20)16-17-9-12-19(13-10-17)25-23(27)18-11-14-22(28-3)21(24)15-18;/h9-15,20H,4-8,16H2,1-3H3;1H. The molecule has 0 unspecified atom stereocenters. The SMILES string of the molecule is COc1ccc(C(=O)Nc2ccc(C[N+](C)(C)C3CCCCC3)cc2)cc1Cl.[Cl-]. The van der Waals surface area contributed by atoms with Crippen LogP contribution in [0.15, 0.2) is 42.5 Å². The highest BCUT2D eigenvalue weighted by atomic mass is 35.5. The number of anilines is 1. The minimum absolute atomic E-state index is 0. The van der Waals surface area contributed by atoms with E-state index in [0.717, 1.165) is 22.8 Å². The quantitative estimate of drug-likeness (QED) is 0.706. The number of ether oxygens (including phenoxy) is 1. The second-order valence-corrected chi connectivity index (χ2v) is 8.64. The molecule has 1 aliphatic carbocycles. The molecule has 0 aliphatic heterocycles. The van der Waals surface area contributed by atoms with E-state index < -0.39 is 0 Å². The predicted octanol–water partition coefficient (Wildman–Crippen LogP) is 2.51. The van der Waals surface area contributed by atoms with E-state index in [2.05, 4.69) is 31.5 Å². The number of carbonyl (C=O) groups excluding carboxylic acids is 1. The molecular weight excluding hydrogens is 407 g/mol. The van der Waals surface area contributed by atoms with Crippen molar-refractivity contribution in [2.24, 2.45) is 0 Å². The summed E-state index contributed by atoms with van der Waals surface area (Å²) in [6.07, 6.45) is 6.74. The van der Waals surface area contributed by atoms with Gasteiger partial charge >= 0.3 is 0 Å². The van der Waals surface area contributed by atoms with Crippen LogP contribution in [0.1, 0.15) is 48.0 Å². The number of carbonyl (C=O) groups is 1. The molecule has 1 aliphatic rings. The molecule has 4 nitrogen and oxygen atoms in total. The van der Waals surface area contributed by atoms with Gasteiger partial charge in [-0.05, 0) is 56.0 Å². The summed E-state index contributed by atoms with van der Waals surface area (Å²) in [4.78, 5) is 12.5. The van der Waals surface area contributed by atoms with Crippen LogP contribution in [0.5, 0.6) is 5.75 Å². The molecule has 3 rings (SSSR count). The Hall–Kier alpha value is -1.75. The van der Waals surface area contributed by atoms with Gasteiger partial charge in [0, 0.05) is 16.8 Å². The van der Waals surface area contributed by atoms with Crippen LogP contribution in [0.25, 0.3) is 0 Å². The van der Waals surface area contributed by atoms with Crippen molar-refractivity contribution in [3.05, 3.63) is 58.6 Å². The van der Waals surface area contributed by atoms with Crippen molar-refractivity contribution < 1.29 is 26.4 Å². The predicted molar refractivity (Wildman–Crippen MR) is 115 cm³/mol. The molecule has 2 aromatic rings. The molecule has 0 bridgehead atoms. The van der Waals surface area contributed by atoms with Gasteiger partial charge in [-0.15, -0.1) is 0 Å². The first-order valence-corrected chi connectivity index (χ1v) is 10.3. The van der Waals surface area contributed by atoms with Gasteiger partial charge in [0.1, 0.15) is 12.3 Å². The lowest BCUT2D eigenvalue weighted by Crippen LogP contribution is -3.00. The fourth-order valence-corrected chi connectivity index (χ4v) is 4.34. The number of amides is 1. The fourth-order valence-electron chi connectivity index (χ4n) is 4.08. The first kappa shape index (κ1) is 23.5. The van der Waals surface area contributed by atoms with Gasteiger partial charge in [0.05, 0.1) is 32.3 Å². The number of benzene rings is 2. The second-order valence-electron chi connectivity index (χ2n) is 8.23. The lowest BCUT2D eigenvalue weighted by atomic mass is 9.92. The first-order chi connectivity index (χ1) is 13.4. The summed E-state index contributed by atoms with van der Waals surface area (Å²) in [5.74, 6) is 0.372. The molecule has 6 heteroatoms. The molecule has 0 heterocycles.